The highest BCUT2D eigenvalue weighted by atomic mass is 79.9. The molecule has 0 amide bonds. The SMILES string of the molecule is CC(Cc1ccc(-n2cc(Br)cn2)cc1)C(=O)O. The van der Waals surface area contributed by atoms with Gasteiger partial charge >= 0.3 is 5.97 Å². The molecule has 18 heavy (non-hydrogen) atoms. The molecule has 2 aromatic rings. The van der Waals surface area contributed by atoms with E-state index < -0.39 is 5.97 Å². The quantitative estimate of drug-likeness (QED) is 0.945. The Morgan fingerprint density at radius 3 is 2.61 bits per heavy atom. The van der Waals surface area contributed by atoms with Crippen molar-refractivity contribution in [3.63, 3.8) is 0 Å². The highest BCUT2D eigenvalue weighted by molar-refractivity contribution is 9.10. The van der Waals surface area contributed by atoms with Crippen LogP contribution in [0.3, 0.4) is 0 Å². The van der Waals surface area contributed by atoms with E-state index in [0.717, 1.165) is 15.7 Å². The number of carbonyl (C=O) groups is 1. The van der Waals surface area contributed by atoms with Crippen LogP contribution in [0.15, 0.2) is 41.1 Å². The molecule has 4 nitrogen and oxygen atoms in total. The smallest absolute Gasteiger partial charge is 0.306 e. The Kier molecular flexibility index (Phi) is 3.81. The van der Waals surface area contributed by atoms with Crippen molar-refractivity contribution in [1.82, 2.24) is 9.78 Å². The molecule has 1 heterocycles. The highest BCUT2D eigenvalue weighted by Crippen LogP contribution is 2.15. The number of aliphatic carboxylic acids is 1. The Morgan fingerprint density at radius 2 is 2.11 bits per heavy atom. The minimum Gasteiger partial charge on any atom is -0.481 e. The fourth-order valence-corrected chi connectivity index (χ4v) is 1.95. The zero-order chi connectivity index (χ0) is 13.1. The predicted molar refractivity (Wildman–Crippen MR) is 71.8 cm³/mol. The summed E-state index contributed by atoms with van der Waals surface area (Å²) >= 11 is 3.34. The molecule has 0 aliphatic carbocycles. The summed E-state index contributed by atoms with van der Waals surface area (Å²) in [6, 6.07) is 7.74. The molecule has 0 radical (unpaired) electrons. The Labute approximate surface area is 113 Å². The van der Waals surface area contributed by atoms with Crippen molar-refractivity contribution in [2.45, 2.75) is 13.3 Å². The van der Waals surface area contributed by atoms with E-state index in [1.54, 1.807) is 17.8 Å². The summed E-state index contributed by atoms with van der Waals surface area (Å²) < 4.78 is 2.68. The number of hydrogen-bond donors (Lipinski definition) is 1. The molecule has 1 aromatic carbocycles. The van der Waals surface area contributed by atoms with Crippen LogP contribution < -0.4 is 0 Å². The monoisotopic (exact) mass is 308 g/mol. The van der Waals surface area contributed by atoms with Gasteiger partial charge in [-0.2, -0.15) is 5.10 Å². The number of hydrogen-bond acceptors (Lipinski definition) is 2. The average Bonchev–Trinajstić information content (AvgIpc) is 2.76. The lowest BCUT2D eigenvalue weighted by molar-refractivity contribution is -0.141. The van der Waals surface area contributed by atoms with E-state index in [1.165, 1.54) is 0 Å². The summed E-state index contributed by atoms with van der Waals surface area (Å²) in [5.41, 5.74) is 1.97. The molecule has 1 unspecified atom stereocenters. The lowest BCUT2D eigenvalue weighted by atomic mass is 10.0. The van der Waals surface area contributed by atoms with Crippen LogP contribution in [0.1, 0.15) is 12.5 Å². The molecule has 94 valence electrons. The van der Waals surface area contributed by atoms with Gasteiger partial charge in [0.2, 0.25) is 0 Å². The molecule has 0 aliphatic heterocycles. The fraction of sp³-hybridized carbons (Fsp3) is 0.231. The largest absolute Gasteiger partial charge is 0.481 e. The predicted octanol–water partition coefficient (Wildman–Crippen LogP) is 2.90. The van der Waals surface area contributed by atoms with Crippen molar-refractivity contribution in [2.75, 3.05) is 0 Å². The number of halogens is 1. The summed E-state index contributed by atoms with van der Waals surface area (Å²) in [6.45, 7) is 1.71. The molecule has 1 aromatic heterocycles. The first-order valence-corrected chi connectivity index (χ1v) is 6.38. The second-order valence-corrected chi connectivity index (χ2v) is 5.13. The second-order valence-electron chi connectivity index (χ2n) is 4.21. The van der Waals surface area contributed by atoms with Gasteiger partial charge in [-0.3, -0.25) is 4.79 Å². The first kappa shape index (κ1) is 12.8. The summed E-state index contributed by atoms with van der Waals surface area (Å²) in [7, 11) is 0. The third kappa shape index (κ3) is 2.98. The topological polar surface area (TPSA) is 55.1 Å². The van der Waals surface area contributed by atoms with E-state index in [0.29, 0.717) is 6.42 Å². The van der Waals surface area contributed by atoms with Crippen molar-refractivity contribution in [3.8, 4) is 5.69 Å². The molecular weight excluding hydrogens is 296 g/mol. The Hall–Kier alpha value is -1.62. The number of aromatic nitrogens is 2. The second kappa shape index (κ2) is 5.35. The summed E-state index contributed by atoms with van der Waals surface area (Å²) in [5.74, 6) is -1.13. The molecule has 1 atom stereocenters. The maximum absolute atomic E-state index is 10.8. The minimum absolute atomic E-state index is 0.366. The van der Waals surface area contributed by atoms with Crippen LogP contribution in [-0.4, -0.2) is 20.9 Å². The number of rotatable bonds is 4. The minimum atomic E-state index is -0.768. The Bertz CT molecular complexity index is 548. The van der Waals surface area contributed by atoms with Gasteiger partial charge in [-0.25, -0.2) is 4.68 Å². The summed E-state index contributed by atoms with van der Waals surface area (Å²) in [4.78, 5) is 10.8. The van der Waals surface area contributed by atoms with E-state index in [4.69, 9.17) is 5.11 Å². The van der Waals surface area contributed by atoms with Crippen molar-refractivity contribution in [3.05, 3.63) is 46.7 Å². The van der Waals surface area contributed by atoms with Gasteiger partial charge < -0.3 is 5.11 Å². The van der Waals surface area contributed by atoms with Gasteiger partial charge in [-0.15, -0.1) is 0 Å². The van der Waals surface area contributed by atoms with Gasteiger partial charge in [0.05, 0.1) is 22.3 Å². The van der Waals surface area contributed by atoms with E-state index in [9.17, 15) is 4.79 Å². The Balaban J connectivity index is 2.13. The molecule has 0 saturated carbocycles. The number of benzene rings is 1. The molecule has 0 aliphatic rings. The molecule has 0 saturated heterocycles. The van der Waals surface area contributed by atoms with Gasteiger partial charge in [0, 0.05) is 6.20 Å². The third-order valence-corrected chi connectivity index (χ3v) is 3.12. The number of carboxylic acid groups (broad SMARTS) is 1. The fourth-order valence-electron chi connectivity index (χ4n) is 1.67. The van der Waals surface area contributed by atoms with Crippen LogP contribution in [0.4, 0.5) is 0 Å². The van der Waals surface area contributed by atoms with E-state index in [2.05, 4.69) is 21.0 Å². The first-order valence-electron chi connectivity index (χ1n) is 5.58. The van der Waals surface area contributed by atoms with Gasteiger partial charge in [0.15, 0.2) is 0 Å². The van der Waals surface area contributed by atoms with Crippen LogP contribution in [0.25, 0.3) is 5.69 Å². The van der Waals surface area contributed by atoms with Gasteiger partial charge in [0.25, 0.3) is 0 Å². The normalized spacial score (nSPS) is 12.3. The van der Waals surface area contributed by atoms with Gasteiger partial charge in [-0.1, -0.05) is 19.1 Å². The summed E-state index contributed by atoms with van der Waals surface area (Å²) in [5, 5.41) is 13.0. The molecule has 0 bridgehead atoms. The molecular formula is C13H13BrN2O2. The van der Waals surface area contributed by atoms with Crippen LogP contribution in [0.2, 0.25) is 0 Å². The highest BCUT2D eigenvalue weighted by Gasteiger charge is 2.11. The zero-order valence-corrected chi connectivity index (χ0v) is 11.5. The van der Waals surface area contributed by atoms with Gasteiger partial charge in [0.1, 0.15) is 0 Å². The number of carboxylic acids is 1. The summed E-state index contributed by atoms with van der Waals surface area (Å²) in [6.07, 6.45) is 4.13. The van der Waals surface area contributed by atoms with Crippen LogP contribution in [0.5, 0.6) is 0 Å². The molecule has 5 heteroatoms. The number of nitrogens with zero attached hydrogens (tertiary/aromatic N) is 2. The maximum Gasteiger partial charge on any atom is 0.306 e. The Morgan fingerprint density at radius 1 is 1.44 bits per heavy atom. The molecule has 0 spiro atoms. The van der Waals surface area contributed by atoms with Gasteiger partial charge in [-0.05, 0) is 40.0 Å². The van der Waals surface area contributed by atoms with Crippen molar-refractivity contribution < 1.29 is 9.90 Å². The molecule has 1 N–H and O–H groups in total. The zero-order valence-electron chi connectivity index (χ0n) is 9.88. The van der Waals surface area contributed by atoms with Crippen LogP contribution in [0, 0.1) is 5.92 Å². The third-order valence-electron chi connectivity index (χ3n) is 2.72. The average molecular weight is 309 g/mol. The first-order chi connectivity index (χ1) is 8.56. The van der Waals surface area contributed by atoms with Crippen molar-refractivity contribution in [2.24, 2.45) is 5.92 Å². The van der Waals surface area contributed by atoms with E-state index in [-0.39, 0.29) is 5.92 Å². The lowest BCUT2D eigenvalue weighted by Gasteiger charge is -2.07. The standard InChI is InChI=1S/C13H13BrN2O2/c1-9(13(17)18)6-10-2-4-12(5-3-10)16-8-11(14)7-15-16/h2-5,7-9H,6H2,1H3,(H,17,18). The van der Waals surface area contributed by atoms with Crippen LogP contribution >= 0.6 is 15.9 Å². The lowest BCUT2D eigenvalue weighted by Crippen LogP contribution is -2.12. The molecule has 2 rings (SSSR count). The van der Waals surface area contributed by atoms with Crippen molar-refractivity contribution in [1.29, 1.82) is 0 Å². The van der Waals surface area contributed by atoms with Crippen LogP contribution in [-0.2, 0) is 11.2 Å². The van der Waals surface area contributed by atoms with E-state index >= 15 is 0 Å². The van der Waals surface area contributed by atoms with E-state index in [1.807, 2.05) is 30.5 Å². The molecule has 0 fully saturated rings. The maximum atomic E-state index is 10.8. The van der Waals surface area contributed by atoms with Crippen molar-refractivity contribution >= 4 is 21.9 Å².